The highest BCUT2D eigenvalue weighted by Gasteiger charge is 2.22. The predicted octanol–water partition coefficient (Wildman–Crippen LogP) is 1.88. The molecule has 8 nitrogen and oxygen atoms in total. The summed E-state index contributed by atoms with van der Waals surface area (Å²) in [7, 11) is 1.30. The van der Waals surface area contributed by atoms with E-state index >= 15 is 0 Å². The van der Waals surface area contributed by atoms with Crippen LogP contribution in [-0.2, 0) is 16.1 Å². The van der Waals surface area contributed by atoms with E-state index in [-0.39, 0.29) is 5.69 Å². The highest BCUT2D eigenvalue weighted by Crippen LogP contribution is 2.13. The van der Waals surface area contributed by atoms with Crippen LogP contribution in [0.2, 0.25) is 0 Å². The fourth-order valence-corrected chi connectivity index (χ4v) is 2.79. The Balaban J connectivity index is 1.70. The number of carbonyl (C=O) groups excluding carboxylic acids is 2. The Morgan fingerprint density at radius 2 is 2.15 bits per heavy atom. The predicted molar refractivity (Wildman–Crippen MR) is 95.6 cm³/mol. The van der Waals surface area contributed by atoms with Crippen molar-refractivity contribution in [1.29, 1.82) is 0 Å². The zero-order valence-electron chi connectivity index (χ0n) is 14.7. The fourth-order valence-electron chi connectivity index (χ4n) is 2.79. The number of hydrogen-bond acceptors (Lipinski definition) is 5. The summed E-state index contributed by atoms with van der Waals surface area (Å²) in [6.45, 7) is 2.44. The molecule has 2 heterocycles. The number of aromatic amines is 1. The van der Waals surface area contributed by atoms with Crippen LogP contribution in [0, 0.1) is 0 Å². The molecule has 0 fully saturated rings. The van der Waals surface area contributed by atoms with Crippen molar-refractivity contribution in [2.75, 3.05) is 7.11 Å². The number of nitrogens with zero attached hydrogens (tertiary/aromatic N) is 3. The normalized spacial score (nSPS) is 12.1. The van der Waals surface area contributed by atoms with Gasteiger partial charge in [0.1, 0.15) is 11.7 Å². The number of fused-ring (bicyclic) bond motifs is 1. The average molecular weight is 355 g/mol. The topological polar surface area (TPSA) is 102 Å². The molecule has 1 atom stereocenters. The number of carbonyl (C=O) groups is 2. The number of para-hydroxylation sites is 2. The lowest BCUT2D eigenvalue weighted by atomic mass is 10.1. The zero-order valence-corrected chi connectivity index (χ0v) is 14.7. The highest BCUT2D eigenvalue weighted by molar-refractivity contribution is 5.95. The summed E-state index contributed by atoms with van der Waals surface area (Å²) in [5.74, 6) is -0.868. The van der Waals surface area contributed by atoms with E-state index in [2.05, 4.69) is 20.5 Å². The third-order valence-corrected chi connectivity index (χ3v) is 4.10. The molecule has 1 aromatic carbocycles. The Labute approximate surface area is 150 Å². The first kappa shape index (κ1) is 17.7. The molecule has 8 heteroatoms. The van der Waals surface area contributed by atoms with E-state index in [1.165, 1.54) is 7.11 Å². The molecular weight excluding hydrogens is 334 g/mol. The van der Waals surface area contributed by atoms with Crippen LogP contribution >= 0.6 is 0 Å². The van der Waals surface area contributed by atoms with E-state index in [1.807, 2.05) is 35.8 Å². The van der Waals surface area contributed by atoms with Gasteiger partial charge in [0.2, 0.25) is 0 Å². The van der Waals surface area contributed by atoms with Crippen molar-refractivity contribution in [2.45, 2.75) is 32.4 Å². The molecule has 0 unspecified atom stereocenters. The number of esters is 1. The Morgan fingerprint density at radius 3 is 2.92 bits per heavy atom. The van der Waals surface area contributed by atoms with E-state index in [0.717, 1.165) is 23.1 Å². The first-order valence-electron chi connectivity index (χ1n) is 8.45. The lowest BCUT2D eigenvalue weighted by molar-refractivity contribution is -0.143. The summed E-state index contributed by atoms with van der Waals surface area (Å²) >= 11 is 0. The van der Waals surface area contributed by atoms with Crippen molar-refractivity contribution in [1.82, 2.24) is 25.1 Å². The molecule has 0 aliphatic carbocycles. The summed E-state index contributed by atoms with van der Waals surface area (Å²) in [5, 5.41) is 9.59. The number of methoxy groups -OCH3 is 1. The summed E-state index contributed by atoms with van der Waals surface area (Å²) in [5.41, 5.74) is 2.91. The molecule has 0 radical (unpaired) electrons. The van der Waals surface area contributed by atoms with Crippen molar-refractivity contribution in [2.24, 2.45) is 0 Å². The molecule has 136 valence electrons. The number of benzene rings is 1. The number of imidazole rings is 1. The van der Waals surface area contributed by atoms with Crippen LogP contribution in [-0.4, -0.2) is 44.8 Å². The first-order chi connectivity index (χ1) is 12.6. The number of aromatic nitrogens is 4. The van der Waals surface area contributed by atoms with Gasteiger partial charge in [-0.05, 0) is 24.6 Å². The molecule has 0 bridgehead atoms. The van der Waals surface area contributed by atoms with Gasteiger partial charge >= 0.3 is 5.97 Å². The molecular formula is C18H21N5O3. The maximum atomic E-state index is 12.4. The maximum Gasteiger partial charge on any atom is 0.328 e. The Kier molecular flexibility index (Phi) is 5.31. The number of ether oxygens (including phenoxy) is 1. The van der Waals surface area contributed by atoms with Crippen molar-refractivity contribution < 1.29 is 14.3 Å². The number of H-pyrrole nitrogens is 1. The van der Waals surface area contributed by atoms with Crippen LogP contribution in [0.1, 0.15) is 35.9 Å². The average Bonchev–Trinajstić information content (AvgIpc) is 3.29. The van der Waals surface area contributed by atoms with Crippen molar-refractivity contribution in [3.8, 4) is 0 Å². The molecule has 2 N–H and O–H groups in total. The summed E-state index contributed by atoms with van der Waals surface area (Å²) < 4.78 is 6.70. The van der Waals surface area contributed by atoms with Gasteiger partial charge in [0.15, 0.2) is 0 Å². The quantitative estimate of drug-likeness (QED) is 0.630. The van der Waals surface area contributed by atoms with Gasteiger partial charge in [-0.2, -0.15) is 5.10 Å². The van der Waals surface area contributed by atoms with Gasteiger partial charge in [-0.15, -0.1) is 0 Å². The summed E-state index contributed by atoms with van der Waals surface area (Å²) in [6.07, 6.45) is 3.01. The SMILES string of the molecule is CCC[C@H](NC(=O)c1cc(Cn2cnc3ccccc32)[nH]n1)C(=O)OC. The zero-order chi connectivity index (χ0) is 18.5. The second kappa shape index (κ2) is 7.81. The van der Waals surface area contributed by atoms with E-state index in [4.69, 9.17) is 4.74 Å². The van der Waals surface area contributed by atoms with Crippen molar-refractivity contribution >= 4 is 22.9 Å². The molecule has 0 spiro atoms. The van der Waals surface area contributed by atoms with Crippen LogP contribution in [0.25, 0.3) is 11.0 Å². The minimum Gasteiger partial charge on any atom is -0.467 e. The standard InChI is InChI=1S/C18H21N5O3/c1-3-6-14(18(25)26-2)20-17(24)15-9-12(21-22-15)10-23-11-19-13-7-4-5-8-16(13)23/h4-5,7-9,11,14H,3,6,10H2,1-2H3,(H,20,24)(H,21,22)/t14-/m0/s1. The number of rotatable bonds is 7. The molecule has 0 aliphatic rings. The van der Waals surface area contributed by atoms with Gasteiger partial charge in [0, 0.05) is 0 Å². The van der Waals surface area contributed by atoms with Crippen LogP contribution in [0.4, 0.5) is 0 Å². The maximum absolute atomic E-state index is 12.4. The van der Waals surface area contributed by atoms with Crippen LogP contribution in [0.3, 0.4) is 0 Å². The van der Waals surface area contributed by atoms with Crippen LogP contribution in [0.5, 0.6) is 0 Å². The monoisotopic (exact) mass is 355 g/mol. The Hall–Kier alpha value is -3.16. The second-order valence-corrected chi connectivity index (χ2v) is 5.98. The molecule has 26 heavy (non-hydrogen) atoms. The highest BCUT2D eigenvalue weighted by atomic mass is 16.5. The van der Waals surface area contributed by atoms with E-state index in [1.54, 1.807) is 12.4 Å². The van der Waals surface area contributed by atoms with Crippen molar-refractivity contribution in [3.63, 3.8) is 0 Å². The molecule has 0 aliphatic heterocycles. The minimum absolute atomic E-state index is 0.231. The number of hydrogen-bond donors (Lipinski definition) is 2. The van der Waals surface area contributed by atoms with Crippen LogP contribution in [0.15, 0.2) is 36.7 Å². The molecule has 0 saturated carbocycles. The van der Waals surface area contributed by atoms with Gasteiger partial charge in [-0.25, -0.2) is 9.78 Å². The number of nitrogens with one attached hydrogen (secondary N) is 2. The summed E-state index contributed by atoms with van der Waals surface area (Å²) in [4.78, 5) is 28.4. The molecule has 1 amide bonds. The first-order valence-corrected chi connectivity index (χ1v) is 8.45. The van der Waals surface area contributed by atoms with E-state index < -0.39 is 17.9 Å². The fraction of sp³-hybridized carbons (Fsp3) is 0.333. The van der Waals surface area contributed by atoms with Gasteiger partial charge in [-0.3, -0.25) is 9.89 Å². The Morgan fingerprint density at radius 1 is 1.35 bits per heavy atom. The summed E-state index contributed by atoms with van der Waals surface area (Å²) in [6, 6.07) is 8.82. The lowest BCUT2D eigenvalue weighted by Crippen LogP contribution is -2.41. The van der Waals surface area contributed by atoms with E-state index in [0.29, 0.717) is 13.0 Å². The largest absolute Gasteiger partial charge is 0.467 e. The van der Waals surface area contributed by atoms with Gasteiger partial charge < -0.3 is 14.6 Å². The molecule has 3 aromatic rings. The lowest BCUT2D eigenvalue weighted by Gasteiger charge is -2.14. The van der Waals surface area contributed by atoms with Crippen molar-refractivity contribution in [3.05, 3.63) is 48.0 Å². The third-order valence-electron chi connectivity index (χ3n) is 4.10. The van der Waals surface area contributed by atoms with Gasteiger partial charge in [0.25, 0.3) is 5.91 Å². The number of amides is 1. The molecule has 0 saturated heterocycles. The third kappa shape index (κ3) is 3.74. The second-order valence-electron chi connectivity index (χ2n) is 5.98. The van der Waals surface area contributed by atoms with E-state index in [9.17, 15) is 9.59 Å². The van der Waals surface area contributed by atoms with Gasteiger partial charge in [0.05, 0.1) is 36.7 Å². The van der Waals surface area contributed by atoms with Crippen LogP contribution < -0.4 is 5.32 Å². The van der Waals surface area contributed by atoms with Gasteiger partial charge in [-0.1, -0.05) is 25.5 Å². The molecule has 3 rings (SSSR count). The minimum atomic E-state index is -0.671. The molecule has 2 aromatic heterocycles. The Bertz CT molecular complexity index is 914. The smallest absolute Gasteiger partial charge is 0.328 e.